The van der Waals surface area contributed by atoms with Crippen molar-refractivity contribution in [3.63, 3.8) is 0 Å². The highest BCUT2D eigenvalue weighted by molar-refractivity contribution is 5.77. The maximum Gasteiger partial charge on any atom is 0.220 e. The van der Waals surface area contributed by atoms with Gasteiger partial charge in [0.1, 0.15) is 0 Å². The molecule has 1 aliphatic rings. The quantitative estimate of drug-likeness (QED) is 0.808. The first-order valence-corrected chi connectivity index (χ1v) is 7.71. The number of rotatable bonds is 5. The van der Waals surface area contributed by atoms with Crippen LogP contribution in [0.1, 0.15) is 57.4 Å². The Morgan fingerprint density at radius 3 is 2.45 bits per heavy atom. The average molecular weight is 274 g/mol. The molecule has 3 nitrogen and oxygen atoms in total. The van der Waals surface area contributed by atoms with Gasteiger partial charge in [0.25, 0.3) is 0 Å². The Labute approximate surface area is 121 Å². The topological polar surface area (TPSA) is 55.1 Å². The van der Waals surface area contributed by atoms with Gasteiger partial charge in [0.2, 0.25) is 5.91 Å². The van der Waals surface area contributed by atoms with Gasteiger partial charge in [0.05, 0.1) is 0 Å². The highest BCUT2D eigenvalue weighted by Crippen LogP contribution is 2.28. The van der Waals surface area contributed by atoms with E-state index in [2.05, 4.69) is 19.2 Å². The molecule has 1 aromatic carbocycles. The molecule has 110 valence electrons. The summed E-state index contributed by atoms with van der Waals surface area (Å²) < 4.78 is 0. The number of carbonyl (C=O) groups excluding carboxylic acids is 1. The van der Waals surface area contributed by atoms with Crippen molar-refractivity contribution in [2.75, 3.05) is 5.73 Å². The molecule has 2 rings (SSSR count). The van der Waals surface area contributed by atoms with Gasteiger partial charge in [-0.3, -0.25) is 4.79 Å². The van der Waals surface area contributed by atoms with E-state index in [0.717, 1.165) is 5.69 Å². The second-order valence-corrected chi connectivity index (χ2v) is 6.17. The van der Waals surface area contributed by atoms with Crippen LogP contribution in [0.3, 0.4) is 0 Å². The number of anilines is 1. The summed E-state index contributed by atoms with van der Waals surface area (Å²) in [6.45, 7) is 4.23. The maximum atomic E-state index is 12.1. The number of amides is 1. The molecule has 2 unspecified atom stereocenters. The third-order valence-corrected chi connectivity index (χ3v) is 4.49. The molecule has 20 heavy (non-hydrogen) atoms. The predicted molar refractivity (Wildman–Crippen MR) is 83.4 cm³/mol. The lowest BCUT2D eigenvalue weighted by atomic mass is 9.96. The number of hydrogen-bond donors (Lipinski definition) is 2. The molecule has 3 heteroatoms. The Balaban J connectivity index is 1.82. The van der Waals surface area contributed by atoms with Gasteiger partial charge in [-0.05, 0) is 49.3 Å². The summed E-state index contributed by atoms with van der Waals surface area (Å²) in [5.74, 6) is 1.06. The Bertz CT molecular complexity index is 435. The van der Waals surface area contributed by atoms with Crippen molar-refractivity contribution in [2.45, 2.75) is 57.9 Å². The van der Waals surface area contributed by atoms with E-state index in [1.165, 1.54) is 31.2 Å². The van der Waals surface area contributed by atoms with Crippen molar-refractivity contribution in [1.82, 2.24) is 5.32 Å². The van der Waals surface area contributed by atoms with E-state index < -0.39 is 0 Å². The zero-order valence-corrected chi connectivity index (χ0v) is 12.6. The van der Waals surface area contributed by atoms with Gasteiger partial charge in [0, 0.05) is 18.2 Å². The van der Waals surface area contributed by atoms with Crippen LogP contribution in [0.25, 0.3) is 0 Å². The zero-order chi connectivity index (χ0) is 14.5. The molecular weight excluding hydrogens is 248 g/mol. The molecule has 0 radical (unpaired) electrons. The normalized spacial score (nSPS) is 18.7. The van der Waals surface area contributed by atoms with E-state index in [-0.39, 0.29) is 11.8 Å². The first kappa shape index (κ1) is 14.9. The fraction of sp³-hybridized carbons (Fsp3) is 0.588. The van der Waals surface area contributed by atoms with Crippen molar-refractivity contribution in [2.24, 2.45) is 5.92 Å². The van der Waals surface area contributed by atoms with Crippen LogP contribution in [0.2, 0.25) is 0 Å². The molecule has 0 heterocycles. The summed E-state index contributed by atoms with van der Waals surface area (Å²) in [5.41, 5.74) is 7.62. The Morgan fingerprint density at radius 2 is 1.85 bits per heavy atom. The van der Waals surface area contributed by atoms with Crippen LogP contribution in [-0.4, -0.2) is 11.9 Å². The van der Waals surface area contributed by atoms with Crippen molar-refractivity contribution < 1.29 is 4.79 Å². The van der Waals surface area contributed by atoms with Crippen LogP contribution >= 0.6 is 0 Å². The number of hydrogen-bond acceptors (Lipinski definition) is 2. The minimum absolute atomic E-state index is 0.161. The van der Waals surface area contributed by atoms with Crippen molar-refractivity contribution in [1.29, 1.82) is 0 Å². The van der Waals surface area contributed by atoms with E-state index in [9.17, 15) is 4.79 Å². The standard InChI is InChI=1S/C17H26N2O/c1-12(14-7-9-16(18)10-8-14)11-17(20)19-13(2)15-5-3-4-6-15/h7-10,12-13,15H,3-6,11,18H2,1-2H3,(H,19,20). The van der Waals surface area contributed by atoms with Gasteiger partial charge in [-0.2, -0.15) is 0 Å². The fourth-order valence-electron chi connectivity index (χ4n) is 3.11. The summed E-state index contributed by atoms with van der Waals surface area (Å²) in [4.78, 5) is 12.1. The molecule has 1 amide bonds. The highest BCUT2D eigenvalue weighted by Gasteiger charge is 2.23. The number of nitrogen functional groups attached to an aromatic ring is 1. The molecule has 3 N–H and O–H groups in total. The van der Waals surface area contributed by atoms with Gasteiger partial charge in [-0.15, -0.1) is 0 Å². The van der Waals surface area contributed by atoms with Crippen LogP contribution in [0.5, 0.6) is 0 Å². The summed E-state index contributed by atoms with van der Waals surface area (Å²) >= 11 is 0. The fourth-order valence-corrected chi connectivity index (χ4v) is 3.11. The second-order valence-electron chi connectivity index (χ2n) is 6.17. The molecule has 0 saturated heterocycles. The monoisotopic (exact) mass is 274 g/mol. The highest BCUT2D eigenvalue weighted by atomic mass is 16.1. The maximum absolute atomic E-state index is 12.1. The van der Waals surface area contributed by atoms with Crippen molar-refractivity contribution >= 4 is 11.6 Å². The molecule has 0 aliphatic heterocycles. The summed E-state index contributed by atoms with van der Waals surface area (Å²) in [7, 11) is 0. The van der Waals surface area contributed by atoms with Crippen LogP contribution in [-0.2, 0) is 4.79 Å². The van der Waals surface area contributed by atoms with E-state index in [0.29, 0.717) is 18.4 Å². The summed E-state index contributed by atoms with van der Waals surface area (Å²) in [6.07, 6.45) is 5.68. The van der Waals surface area contributed by atoms with Crippen LogP contribution in [0.4, 0.5) is 5.69 Å². The minimum Gasteiger partial charge on any atom is -0.399 e. The van der Waals surface area contributed by atoms with Crippen LogP contribution in [0, 0.1) is 5.92 Å². The van der Waals surface area contributed by atoms with Crippen molar-refractivity contribution in [3.8, 4) is 0 Å². The summed E-state index contributed by atoms with van der Waals surface area (Å²) in [5, 5.41) is 3.17. The first-order valence-electron chi connectivity index (χ1n) is 7.71. The third kappa shape index (κ3) is 3.99. The van der Waals surface area contributed by atoms with Crippen molar-refractivity contribution in [3.05, 3.63) is 29.8 Å². The second kappa shape index (κ2) is 6.78. The summed E-state index contributed by atoms with van der Waals surface area (Å²) in [6, 6.07) is 8.11. The Hall–Kier alpha value is -1.51. The molecule has 1 aliphatic carbocycles. The molecular formula is C17H26N2O. The largest absolute Gasteiger partial charge is 0.399 e. The molecule has 2 atom stereocenters. The Kier molecular flexibility index (Phi) is 5.05. The number of carbonyl (C=O) groups is 1. The molecule has 0 aromatic heterocycles. The third-order valence-electron chi connectivity index (χ3n) is 4.49. The van der Waals surface area contributed by atoms with E-state index in [1.54, 1.807) is 0 Å². The number of nitrogens with one attached hydrogen (secondary N) is 1. The van der Waals surface area contributed by atoms with E-state index in [4.69, 9.17) is 5.73 Å². The molecule has 1 saturated carbocycles. The number of nitrogens with two attached hydrogens (primary N) is 1. The lowest BCUT2D eigenvalue weighted by molar-refractivity contribution is -0.122. The van der Waals surface area contributed by atoms with E-state index in [1.807, 2.05) is 24.3 Å². The van der Waals surface area contributed by atoms with Crippen LogP contribution < -0.4 is 11.1 Å². The zero-order valence-electron chi connectivity index (χ0n) is 12.6. The van der Waals surface area contributed by atoms with Gasteiger partial charge in [-0.1, -0.05) is 31.9 Å². The SMILES string of the molecule is CC(CC(=O)NC(C)C1CCCC1)c1ccc(N)cc1. The molecule has 0 bridgehead atoms. The van der Waals surface area contributed by atoms with E-state index >= 15 is 0 Å². The lowest BCUT2D eigenvalue weighted by Crippen LogP contribution is -2.37. The van der Waals surface area contributed by atoms with Crippen LogP contribution in [0.15, 0.2) is 24.3 Å². The lowest BCUT2D eigenvalue weighted by Gasteiger charge is -2.21. The van der Waals surface area contributed by atoms with Gasteiger partial charge < -0.3 is 11.1 Å². The first-order chi connectivity index (χ1) is 9.56. The number of benzene rings is 1. The molecule has 1 fully saturated rings. The van der Waals surface area contributed by atoms with Gasteiger partial charge >= 0.3 is 0 Å². The predicted octanol–water partition coefficient (Wildman–Crippen LogP) is 3.46. The molecule has 1 aromatic rings. The molecule has 0 spiro atoms. The smallest absolute Gasteiger partial charge is 0.220 e. The van der Waals surface area contributed by atoms with Gasteiger partial charge in [-0.25, -0.2) is 0 Å². The average Bonchev–Trinajstić information content (AvgIpc) is 2.93. The van der Waals surface area contributed by atoms with Gasteiger partial charge in [0.15, 0.2) is 0 Å². The Morgan fingerprint density at radius 1 is 1.25 bits per heavy atom. The minimum atomic E-state index is 0.161.